The number of hydrogen-bond donors (Lipinski definition) is 0. The Hall–Kier alpha value is -2.94. The molecule has 3 aromatic carbocycles. The van der Waals surface area contributed by atoms with E-state index in [-0.39, 0.29) is 0 Å². The van der Waals surface area contributed by atoms with Gasteiger partial charge in [-0.1, -0.05) is 72.8 Å². The summed E-state index contributed by atoms with van der Waals surface area (Å²) in [6.07, 6.45) is 8.98. The Morgan fingerprint density at radius 1 is 0.429 bits per heavy atom. The molecule has 0 bridgehead atoms. The van der Waals surface area contributed by atoms with Crippen LogP contribution in [0.15, 0.2) is 83.6 Å². The highest BCUT2D eigenvalue weighted by Gasteiger charge is 2.10. The van der Waals surface area contributed by atoms with Gasteiger partial charge in [0.1, 0.15) is 0 Å². The third kappa shape index (κ3) is 3.22. The first kappa shape index (κ1) is 17.2. The quantitative estimate of drug-likeness (QED) is 0.268. The van der Waals surface area contributed by atoms with E-state index in [4.69, 9.17) is 0 Å². The van der Waals surface area contributed by atoms with Crippen LogP contribution in [0.25, 0.3) is 45.8 Å². The SMILES string of the molecule is C(=Cc1c2ccccc2c(C=Cc2cccs2)c2ccccc12)c1cccs1. The molecule has 2 aromatic heterocycles. The first-order valence-corrected chi connectivity index (χ1v) is 11.0. The lowest BCUT2D eigenvalue weighted by Crippen LogP contribution is -1.88. The van der Waals surface area contributed by atoms with Gasteiger partial charge in [0.15, 0.2) is 0 Å². The van der Waals surface area contributed by atoms with Crippen molar-refractivity contribution >= 4 is 68.5 Å². The largest absolute Gasteiger partial charge is 0.144 e. The highest BCUT2D eigenvalue weighted by molar-refractivity contribution is 7.11. The molecule has 0 N–H and O–H groups in total. The molecule has 0 aliphatic rings. The molecular formula is C26H18S2. The molecule has 5 aromatic rings. The van der Waals surface area contributed by atoms with Crippen LogP contribution in [0, 0.1) is 0 Å². The molecular weight excluding hydrogens is 376 g/mol. The van der Waals surface area contributed by atoms with Gasteiger partial charge in [0.05, 0.1) is 0 Å². The number of benzene rings is 3. The predicted molar refractivity (Wildman–Crippen MR) is 128 cm³/mol. The number of rotatable bonds is 4. The minimum atomic E-state index is 1.27. The number of hydrogen-bond acceptors (Lipinski definition) is 2. The van der Waals surface area contributed by atoms with E-state index in [1.54, 1.807) is 22.7 Å². The molecule has 0 saturated carbocycles. The van der Waals surface area contributed by atoms with Crippen molar-refractivity contribution < 1.29 is 0 Å². The Morgan fingerprint density at radius 3 is 1.14 bits per heavy atom. The van der Waals surface area contributed by atoms with E-state index >= 15 is 0 Å². The average molecular weight is 395 g/mol. The summed E-state index contributed by atoms with van der Waals surface area (Å²) in [5.41, 5.74) is 2.57. The van der Waals surface area contributed by atoms with Crippen molar-refractivity contribution in [2.45, 2.75) is 0 Å². The van der Waals surface area contributed by atoms with Crippen LogP contribution < -0.4 is 0 Å². The zero-order valence-corrected chi connectivity index (χ0v) is 16.8. The van der Waals surface area contributed by atoms with Crippen LogP contribution in [0.5, 0.6) is 0 Å². The fraction of sp³-hybridized carbons (Fsp3) is 0. The maximum Gasteiger partial charge on any atom is 0.0270 e. The first-order valence-electron chi connectivity index (χ1n) is 9.27. The number of thiophene rings is 2. The van der Waals surface area contributed by atoms with Crippen LogP contribution in [0.3, 0.4) is 0 Å². The van der Waals surface area contributed by atoms with Gasteiger partial charge in [-0.2, -0.15) is 0 Å². The molecule has 0 unspecified atom stereocenters. The molecule has 2 heteroatoms. The van der Waals surface area contributed by atoms with E-state index in [0.29, 0.717) is 0 Å². The zero-order valence-electron chi connectivity index (χ0n) is 15.2. The van der Waals surface area contributed by atoms with Crippen LogP contribution in [-0.4, -0.2) is 0 Å². The molecule has 0 amide bonds. The van der Waals surface area contributed by atoms with Crippen molar-refractivity contribution in [1.29, 1.82) is 0 Å². The van der Waals surface area contributed by atoms with Crippen molar-refractivity contribution in [3.05, 3.63) is 104 Å². The Kier molecular flexibility index (Phi) is 4.66. The Morgan fingerprint density at radius 2 is 0.821 bits per heavy atom. The normalized spacial score (nSPS) is 12.0. The highest BCUT2D eigenvalue weighted by atomic mass is 32.1. The summed E-state index contributed by atoms with van der Waals surface area (Å²) < 4.78 is 0. The maximum atomic E-state index is 2.27. The van der Waals surface area contributed by atoms with E-state index in [9.17, 15) is 0 Å². The van der Waals surface area contributed by atoms with E-state index < -0.39 is 0 Å². The lowest BCUT2D eigenvalue weighted by Gasteiger charge is -2.13. The molecule has 134 valence electrons. The van der Waals surface area contributed by atoms with Crippen LogP contribution in [0.2, 0.25) is 0 Å². The van der Waals surface area contributed by atoms with Crippen LogP contribution >= 0.6 is 22.7 Å². The molecule has 0 atom stereocenters. The van der Waals surface area contributed by atoms with Crippen molar-refractivity contribution in [2.24, 2.45) is 0 Å². The van der Waals surface area contributed by atoms with Gasteiger partial charge in [-0.3, -0.25) is 0 Å². The molecule has 0 aliphatic carbocycles. The summed E-state index contributed by atoms with van der Waals surface area (Å²) in [6, 6.07) is 26.0. The summed E-state index contributed by atoms with van der Waals surface area (Å²) in [5, 5.41) is 9.40. The summed E-state index contributed by atoms with van der Waals surface area (Å²) in [6.45, 7) is 0. The minimum Gasteiger partial charge on any atom is -0.144 e. The second kappa shape index (κ2) is 7.59. The van der Waals surface area contributed by atoms with E-state index in [1.807, 2.05) is 0 Å². The molecule has 0 saturated heterocycles. The molecule has 0 spiro atoms. The standard InChI is InChI=1S/C26H18S2/c1-2-10-22-21(9-1)25(15-13-19-7-5-17-27-19)23-11-3-4-12-24(23)26(22)16-14-20-8-6-18-28-20/h1-18H. The van der Waals surface area contributed by atoms with Crippen molar-refractivity contribution in [3.63, 3.8) is 0 Å². The van der Waals surface area contributed by atoms with Crippen LogP contribution in [0.1, 0.15) is 20.9 Å². The topological polar surface area (TPSA) is 0 Å². The monoisotopic (exact) mass is 394 g/mol. The van der Waals surface area contributed by atoms with Gasteiger partial charge in [-0.15, -0.1) is 22.7 Å². The molecule has 0 radical (unpaired) electrons. The lowest BCUT2D eigenvalue weighted by molar-refractivity contribution is 1.72. The zero-order chi connectivity index (χ0) is 18.8. The third-order valence-electron chi connectivity index (χ3n) is 4.93. The number of fused-ring (bicyclic) bond motifs is 2. The Balaban J connectivity index is 1.78. The van der Waals surface area contributed by atoms with Gasteiger partial charge >= 0.3 is 0 Å². The van der Waals surface area contributed by atoms with E-state index in [0.717, 1.165) is 0 Å². The van der Waals surface area contributed by atoms with Crippen LogP contribution in [0.4, 0.5) is 0 Å². The lowest BCUT2D eigenvalue weighted by atomic mass is 9.91. The van der Waals surface area contributed by atoms with Gasteiger partial charge in [-0.25, -0.2) is 0 Å². The van der Waals surface area contributed by atoms with E-state index in [1.165, 1.54) is 42.4 Å². The summed E-state index contributed by atoms with van der Waals surface area (Å²) in [5.74, 6) is 0. The fourth-order valence-corrected chi connectivity index (χ4v) is 4.89. The second-order valence-electron chi connectivity index (χ2n) is 6.62. The van der Waals surface area contributed by atoms with Crippen molar-refractivity contribution in [3.8, 4) is 0 Å². The van der Waals surface area contributed by atoms with E-state index in [2.05, 4.69) is 108 Å². The molecule has 5 rings (SSSR count). The highest BCUT2D eigenvalue weighted by Crippen LogP contribution is 2.35. The average Bonchev–Trinajstić information content (AvgIpc) is 3.44. The Labute approximate surface area is 172 Å². The molecule has 0 nitrogen and oxygen atoms in total. The molecule has 28 heavy (non-hydrogen) atoms. The molecule has 0 aliphatic heterocycles. The molecule has 0 fully saturated rings. The predicted octanol–water partition coefficient (Wildman–Crippen LogP) is 8.46. The van der Waals surface area contributed by atoms with Crippen molar-refractivity contribution in [1.82, 2.24) is 0 Å². The summed E-state index contributed by atoms with van der Waals surface area (Å²) in [7, 11) is 0. The summed E-state index contributed by atoms with van der Waals surface area (Å²) in [4.78, 5) is 2.55. The van der Waals surface area contributed by atoms with Gasteiger partial charge in [0.2, 0.25) is 0 Å². The molecule has 2 heterocycles. The van der Waals surface area contributed by atoms with Gasteiger partial charge < -0.3 is 0 Å². The third-order valence-corrected chi connectivity index (χ3v) is 6.60. The van der Waals surface area contributed by atoms with Gasteiger partial charge in [0, 0.05) is 9.75 Å². The second-order valence-corrected chi connectivity index (χ2v) is 8.57. The van der Waals surface area contributed by atoms with Gasteiger partial charge in [0.25, 0.3) is 0 Å². The van der Waals surface area contributed by atoms with Crippen molar-refractivity contribution in [2.75, 3.05) is 0 Å². The smallest absolute Gasteiger partial charge is 0.0270 e. The minimum absolute atomic E-state index is 1.27. The van der Waals surface area contributed by atoms with Gasteiger partial charge in [-0.05, 0) is 67.7 Å². The summed E-state index contributed by atoms with van der Waals surface area (Å²) >= 11 is 3.53. The van der Waals surface area contributed by atoms with Crippen LogP contribution in [-0.2, 0) is 0 Å². The fourth-order valence-electron chi connectivity index (χ4n) is 3.66. The Bertz CT molecular complexity index is 1130. The first-order chi connectivity index (χ1) is 13.9. The maximum absolute atomic E-state index is 2.27.